The molecule has 6 heteroatoms. The van der Waals surface area contributed by atoms with E-state index in [0.29, 0.717) is 21.6 Å². The number of amides is 1. The van der Waals surface area contributed by atoms with Crippen LogP contribution in [0.15, 0.2) is 23.1 Å². The van der Waals surface area contributed by atoms with Gasteiger partial charge in [0.15, 0.2) is 11.5 Å². The number of hydrogen-bond acceptors (Lipinski definition) is 5. The molecular formula is C16H19NO3S2. The summed E-state index contributed by atoms with van der Waals surface area (Å²) in [7, 11) is 0. The van der Waals surface area contributed by atoms with Crippen LogP contribution in [0, 0.1) is 0 Å². The van der Waals surface area contributed by atoms with Crippen LogP contribution in [0.1, 0.15) is 32.8 Å². The smallest absolute Gasteiger partial charge is 0.263 e. The Hall–Kier alpha value is -1.53. The fourth-order valence-electron chi connectivity index (χ4n) is 1.85. The van der Waals surface area contributed by atoms with Gasteiger partial charge in [0.2, 0.25) is 0 Å². The highest BCUT2D eigenvalue weighted by molar-refractivity contribution is 8.26. The second kappa shape index (κ2) is 7.65. The Morgan fingerprint density at radius 2 is 2.14 bits per heavy atom. The van der Waals surface area contributed by atoms with Crippen LogP contribution in [-0.4, -0.2) is 22.9 Å². The number of hydrogen-bond donors (Lipinski definition) is 1. The number of carbonyl (C=O) groups is 1. The Bertz CT molecular complexity index is 613. The first-order valence-corrected chi connectivity index (χ1v) is 8.44. The molecule has 1 aromatic rings. The molecule has 1 amide bonds. The van der Waals surface area contributed by atoms with Gasteiger partial charge in [-0.25, -0.2) is 0 Å². The minimum absolute atomic E-state index is 0.122. The molecule has 1 aromatic carbocycles. The lowest BCUT2D eigenvalue weighted by atomic mass is 10.1. The molecule has 0 unspecified atom stereocenters. The third-order valence-electron chi connectivity index (χ3n) is 3.11. The van der Waals surface area contributed by atoms with Crippen molar-refractivity contribution in [3.8, 4) is 11.5 Å². The van der Waals surface area contributed by atoms with Crippen LogP contribution in [0.3, 0.4) is 0 Å². The van der Waals surface area contributed by atoms with Crippen molar-refractivity contribution >= 4 is 40.3 Å². The number of carbonyl (C=O) groups excluding carboxylic acids is 1. The summed E-state index contributed by atoms with van der Waals surface area (Å²) in [5.41, 5.74) is 0.877. The maximum absolute atomic E-state index is 11.7. The van der Waals surface area contributed by atoms with Crippen molar-refractivity contribution < 1.29 is 14.3 Å². The summed E-state index contributed by atoms with van der Waals surface area (Å²) in [6.07, 6.45) is 2.84. The highest BCUT2D eigenvalue weighted by Crippen LogP contribution is 2.32. The van der Waals surface area contributed by atoms with Gasteiger partial charge in [0.1, 0.15) is 4.32 Å². The highest BCUT2D eigenvalue weighted by atomic mass is 32.2. The van der Waals surface area contributed by atoms with Crippen LogP contribution in [0.4, 0.5) is 0 Å². The Morgan fingerprint density at radius 3 is 2.73 bits per heavy atom. The van der Waals surface area contributed by atoms with Crippen molar-refractivity contribution in [2.45, 2.75) is 33.3 Å². The van der Waals surface area contributed by atoms with E-state index in [1.54, 1.807) is 6.08 Å². The summed E-state index contributed by atoms with van der Waals surface area (Å²) in [4.78, 5) is 12.3. The molecule has 0 spiro atoms. The van der Waals surface area contributed by atoms with Crippen molar-refractivity contribution in [3.63, 3.8) is 0 Å². The van der Waals surface area contributed by atoms with Crippen LogP contribution in [0.2, 0.25) is 0 Å². The van der Waals surface area contributed by atoms with E-state index in [1.807, 2.05) is 32.0 Å². The fraction of sp³-hybridized carbons (Fsp3) is 0.375. The molecule has 1 atom stereocenters. The number of rotatable bonds is 6. The highest BCUT2D eigenvalue weighted by Gasteiger charge is 2.22. The van der Waals surface area contributed by atoms with Gasteiger partial charge in [-0.1, -0.05) is 37.0 Å². The lowest BCUT2D eigenvalue weighted by Crippen LogP contribution is -2.17. The predicted octanol–water partition coefficient (Wildman–Crippen LogP) is 3.75. The topological polar surface area (TPSA) is 47.6 Å². The summed E-state index contributed by atoms with van der Waals surface area (Å²) in [6.45, 7) is 6.57. The minimum atomic E-state index is -0.159. The minimum Gasteiger partial charge on any atom is -0.490 e. The van der Waals surface area contributed by atoms with Gasteiger partial charge in [-0.2, -0.15) is 0 Å². The fourth-order valence-corrected chi connectivity index (χ4v) is 2.90. The van der Waals surface area contributed by atoms with Gasteiger partial charge in [-0.3, -0.25) is 4.79 Å². The molecule has 1 heterocycles. The van der Waals surface area contributed by atoms with Crippen molar-refractivity contribution in [1.29, 1.82) is 0 Å². The molecule has 0 bridgehead atoms. The Kier molecular flexibility index (Phi) is 5.85. The molecule has 0 saturated carbocycles. The number of thiocarbonyl (C=S) groups is 1. The standard InChI is InChI=1S/C16H19NO3S2/c1-4-10(3)20-12-7-6-11(8-13(12)19-5-2)9-14-15(18)17-16(21)22-14/h6-10H,4-5H2,1-3H3,(H,17,18,21)/b14-9-/t10-/m0/s1. The first-order valence-electron chi connectivity index (χ1n) is 7.21. The number of nitrogens with one attached hydrogen (secondary N) is 1. The molecule has 1 saturated heterocycles. The quantitative estimate of drug-likeness (QED) is 0.633. The Labute approximate surface area is 140 Å². The Morgan fingerprint density at radius 1 is 1.36 bits per heavy atom. The number of benzene rings is 1. The molecule has 0 aromatic heterocycles. The van der Waals surface area contributed by atoms with Crippen molar-refractivity contribution in [3.05, 3.63) is 28.7 Å². The third kappa shape index (κ3) is 4.24. The molecule has 1 aliphatic rings. The van der Waals surface area contributed by atoms with Gasteiger partial charge < -0.3 is 14.8 Å². The molecule has 0 radical (unpaired) electrons. The first kappa shape index (κ1) is 16.8. The summed E-state index contributed by atoms with van der Waals surface area (Å²) in [5.74, 6) is 1.24. The average Bonchev–Trinajstić information content (AvgIpc) is 2.79. The average molecular weight is 337 g/mol. The van der Waals surface area contributed by atoms with E-state index in [0.717, 1.165) is 17.7 Å². The van der Waals surface area contributed by atoms with Crippen LogP contribution in [-0.2, 0) is 4.79 Å². The van der Waals surface area contributed by atoms with E-state index in [2.05, 4.69) is 12.2 Å². The second-order valence-corrected chi connectivity index (χ2v) is 6.55. The molecular weight excluding hydrogens is 318 g/mol. The third-order valence-corrected chi connectivity index (χ3v) is 4.27. The van der Waals surface area contributed by atoms with Crippen LogP contribution < -0.4 is 14.8 Å². The van der Waals surface area contributed by atoms with Gasteiger partial charge in [0.25, 0.3) is 5.91 Å². The van der Waals surface area contributed by atoms with E-state index in [9.17, 15) is 4.79 Å². The molecule has 1 fully saturated rings. The van der Waals surface area contributed by atoms with Gasteiger partial charge in [-0.05, 0) is 44.0 Å². The van der Waals surface area contributed by atoms with Crippen LogP contribution in [0.25, 0.3) is 6.08 Å². The molecule has 2 rings (SSSR count). The predicted molar refractivity (Wildman–Crippen MR) is 94.3 cm³/mol. The largest absolute Gasteiger partial charge is 0.490 e. The Balaban J connectivity index is 2.27. The molecule has 1 N–H and O–H groups in total. The van der Waals surface area contributed by atoms with E-state index < -0.39 is 0 Å². The van der Waals surface area contributed by atoms with Crippen LogP contribution in [0.5, 0.6) is 11.5 Å². The lowest BCUT2D eigenvalue weighted by Gasteiger charge is -2.16. The number of thioether (sulfide) groups is 1. The van der Waals surface area contributed by atoms with Gasteiger partial charge in [-0.15, -0.1) is 0 Å². The maximum atomic E-state index is 11.7. The van der Waals surface area contributed by atoms with Gasteiger partial charge in [0, 0.05) is 0 Å². The summed E-state index contributed by atoms with van der Waals surface area (Å²) < 4.78 is 12.0. The molecule has 22 heavy (non-hydrogen) atoms. The van der Waals surface area contributed by atoms with Crippen molar-refractivity contribution in [2.75, 3.05) is 6.61 Å². The first-order chi connectivity index (χ1) is 10.5. The normalized spacial score (nSPS) is 17.5. The second-order valence-electron chi connectivity index (χ2n) is 4.83. The molecule has 1 aliphatic heterocycles. The van der Waals surface area contributed by atoms with E-state index in [4.69, 9.17) is 21.7 Å². The summed E-state index contributed by atoms with van der Waals surface area (Å²) in [5, 5.41) is 2.60. The lowest BCUT2D eigenvalue weighted by molar-refractivity contribution is -0.115. The monoisotopic (exact) mass is 337 g/mol. The number of ether oxygens (including phenoxy) is 2. The SMILES string of the molecule is CCOc1cc(/C=C2\SC(=S)NC2=O)ccc1O[C@@H](C)CC. The van der Waals surface area contributed by atoms with Crippen molar-refractivity contribution in [2.24, 2.45) is 0 Å². The molecule has 0 aliphatic carbocycles. The van der Waals surface area contributed by atoms with E-state index in [-0.39, 0.29) is 12.0 Å². The van der Waals surface area contributed by atoms with Crippen molar-refractivity contribution in [1.82, 2.24) is 5.32 Å². The van der Waals surface area contributed by atoms with Gasteiger partial charge in [0.05, 0.1) is 17.6 Å². The van der Waals surface area contributed by atoms with E-state index in [1.165, 1.54) is 11.8 Å². The zero-order chi connectivity index (χ0) is 16.1. The van der Waals surface area contributed by atoms with Crippen LogP contribution >= 0.6 is 24.0 Å². The maximum Gasteiger partial charge on any atom is 0.263 e. The molecule has 118 valence electrons. The zero-order valence-corrected chi connectivity index (χ0v) is 14.5. The van der Waals surface area contributed by atoms with E-state index >= 15 is 0 Å². The zero-order valence-electron chi connectivity index (χ0n) is 12.8. The summed E-state index contributed by atoms with van der Waals surface area (Å²) in [6, 6.07) is 5.66. The molecule has 4 nitrogen and oxygen atoms in total. The van der Waals surface area contributed by atoms with Gasteiger partial charge >= 0.3 is 0 Å². The summed E-state index contributed by atoms with van der Waals surface area (Å²) >= 11 is 6.25.